The van der Waals surface area contributed by atoms with Gasteiger partial charge in [-0.15, -0.1) is 0 Å². The number of rotatable bonds is 7. The number of carbonyl (C=O) groups is 1. The second-order valence-corrected chi connectivity index (χ2v) is 5.91. The SMILES string of the molecule is Cc1cccc(OCCC(=O)NC(C)(CBr)CBr)c1. The van der Waals surface area contributed by atoms with Crippen molar-refractivity contribution >= 4 is 37.8 Å². The first-order valence-electron chi connectivity index (χ1n) is 6.11. The first-order chi connectivity index (χ1) is 8.99. The Bertz CT molecular complexity index is 420. The molecule has 1 amide bonds. The summed E-state index contributed by atoms with van der Waals surface area (Å²) in [5, 5.41) is 4.39. The molecule has 1 aromatic rings. The number of ether oxygens (including phenoxy) is 1. The summed E-state index contributed by atoms with van der Waals surface area (Å²) in [6.45, 7) is 4.38. The summed E-state index contributed by atoms with van der Waals surface area (Å²) >= 11 is 6.80. The highest BCUT2D eigenvalue weighted by Crippen LogP contribution is 2.13. The van der Waals surface area contributed by atoms with Crippen LogP contribution in [0.25, 0.3) is 0 Å². The van der Waals surface area contributed by atoms with Gasteiger partial charge in [0.05, 0.1) is 18.6 Å². The molecule has 0 unspecified atom stereocenters. The smallest absolute Gasteiger partial charge is 0.223 e. The molecule has 3 nitrogen and oxygen atoms in total. The van der Waals surface area contributed by atoms with Crippen LogP contribution in [0.15, 0.2) is 24.3 Å². The quantitative estimate of drug-likeness (QED) is 0.722. The molecule has 19 heavy (non-hydrogen) atoms. The molecule has 0 bridgehead atoms. The van der Waals surface area contributed by atoms with E-state index in [0.29, 0.717) is 23.7 Å². The van der Waals surface area contributed by atoms with E-state index in [9.17, 15) is 4.79 Å². The molecule has 106 valence electrons. The third kappa shape index (κ3) is 5.95. The normalized spacial score (nSPS) is 11.2. The second kappa shape index (κ2) is 7.90. The van der Waals surface area contributed by atoms with Crippen LogP contribution < -0.4 is 10.1 Å². The maximum Gasteiger partial charge on any atom is 0.223 e. The summed E-state index contributed by atoms with van der Waals surface area (Å²) in [6, 6.07) is 7.81. The van der Waals surface area contributed by atoms with Crippen LogP contribution in [0.4, 0.5) is 0 Å². The Morgan fingerprint density at radius 1 is 1.37 bits per heavy atom. The fourth-order valence-corrected chi connectivity index (χ4v) is 2.68. The van der Waals surface area contributed by atoms with Gasteiger partial charge in [0.25, 0.3) is 0 Å². The monoisotopic (exact) mass is 391 g/mol. The van der Waals surface area contributed by atoms with Crippen molar-refractivity contribution in [3.63, 3.8) is 0 Å². The average molecular weight is 393 g/mol. The van der Waals surface area contributed by atoms with Gasteiger partial charge >= 0.3 is 0 Å². The summed E-state index contributed by atoms with van der Waals surface area (Å²) in [5.41, 5.74) is 0.883. The van der Waals surface area contributed by atoms with E-state index in [2.05, 4.69) is 37.2 Å². The summed E-state index contributed by atoms with van der Waals surface area (Å²) in [4.78, 5) is 11.8. The summed E-state index contributed by atoms with van der Waals surface area (Å²) in [6.07, 6.45) is 0.351. The first kappa shape index (κ1) is 16.5. The fourth-order valence-electron chi connectivity index (χ4n) is 1.47. The van der Waals surface area contributed by atoms with Gasteiger partial charge in [-0.1, -0.05) is 44.0 Å². The van der Waals surface area contributed by atoms with E-state index in [-0.39, 0.29) is 11.4 Å². The Kier molecular flexibility index (Phi) is 6.86. The van der Waals surface area contributed by atoms with Gasteiger partial charge in [0.1, 0.15) is 5.75 Å². The van der Waals surface area contributed by atoms with Crippen LogP contribution in [0.5, 0.6) is 5.75 Å². The maximum absolute atomic E-state index is 11.8. The van der Waals surface area contributed by atoms with Gasteiger partial charge in [-0.3, -0.25) is 4.79 Å². The molecule has 0 heterocycles. The number of hydrogen-bond acceptors (Lipinski definition) is 2. The van der Waals surface area contributed by atoms with Gasteiger partial charge in [-0.05, 0) is 31.5 Å². The number of hydrogen-bond donors (Lipinski definition) is 1. The van der Waals surface area contributed by atoms with Gasteiger partial charge in [-0.2, -0.15) is 0 Å². The Labute approximate surface area is 131 Å². The fraction of sp³-hybridized carbons (Fsp3) is 0.500. The Balaban J connectivity index is 2.35. The van der Waals surface area contributed by atoms with Gasteiger partial charge in [0.15, 0.2) is 0 Å². The van der Waals surface area contributed by atoms with E-state index in [0.717, 1.165) is 11.3 Å². The van der Waals surface area contributed by atoms with E-state index < -0.39 is 0 Å². The lowest BCUT2D eigenvalue weighted by Crippen LogP contribution is -2.49. The van der Waals surface area contributed by atoms with E-state index in [1.807, 2.05) is 38.1 Å². The number of carbonyl (C=O) groups excluding carboxylic acids is 1. The zero-order valence-corrected chi connectivity index (χ0v) is 14.4. The molecule has 1 N–H and O–H groups in total. The molecule has 0 spiro atoms. The zero-order valence-electron chi connectivity index (χ0n) is 11.2. The van der Waals surface area contributed by atoms with Gasteiger partial charge in [0.2, 0.25) is 5.91 Å². The average Bonchev–Trinajstić information content (AvgIpc) is 2.38. The standard InChI is InChI=1S/C14H19Br2NO2/c1-11-4-3-5-12(8-11)19-7-6-13(18)17-14(2,9-15)10-16/h3-5,8H,6-7,9-10H2,1-2H3,(H,17,18). The minimum absolute atomic E-state index is 0.00551. The predicted octanol–water partition coefficient (Wildman–Crippen LogP) is 3.43. The minimum Gasteiger partial charge on any atom is -0.493 e. The van der Waals surface area contributed by atoms with Gasteiger partial charge in [0, 0.05) is 10.7 Å². The molecule has 0 aliphatic heterocycles. The Morgan fingerprint density at radius 3 is 2.63 bits per heavy atom. The molecule has 0 fully saturated rings. The highest BCUT2D eigenvalue weighted by Gasteiger charge is 2.23. The number of nitrogens with one attached hydrogen (secondary N) is 1. The molecular weight excluding hydrogens is 374 g/mol. The van der Waals surface area contributed by atoms with Crippen LogP contribution in [0.1, 0.15) is 18.9 Å². The van der Waals surface area contributed by atoms with Crippen molar-refractivity contribution in [2.45, 2.75) is 25.8 Å². The zero-order chi connectivity index (χ0) is 14.3. The van der Waals surface area contributed by atoms with E-state index >= 15 is 0 Å². The third-order valence-electron chi connectivity index (χ3n) is 2.62. The highest BCUT2D eigenvalue weighted by atomic mass is 79.9. The van der Waals surface area contributed by atoms with Crippen LogP contribution in [0.2, 0.25) is 0 Å². The molecule has 0 atom stereocenters. The number of aryl methyl sites for hydroxylation is 1. The topological polar surface area (TPSA) is 38.3 Å². The highest BCUT2D eigenvalue weighted by molar-refractivity contribution is 9.09. The molecule has 1 aromatic carbocycles. The molecule has 0 radical (unpaired) electrons. The van der Waals surface area contributed by atoms with Crippen molar-refractivity contribution in [1.82, 2.24) is 5.32 Å². The number of benzene rings is 1. The Morgan fingerprint density at radius 2 is 2.05 bits per heavy atom. The summed E-state index contributed by atoms with van der Waals surface area (Å²) < 4.78 is 5.55. The van der Waals surface area contributed by atoms with Crippen LogP contribution in [0, 0.1) is 6.92 Å². The van der Waals surface area contributed by atoms with Crippen molar-refractivity contribution in [2.75, 3.05) is 17.3 Å². The van der Waals surface area contributed by atoms with Crippen molar-refractivity contribution in [3.05, 3.63) is 29.8 Å². The van der Waals surface area contributed by atoms with Crippen LogP contribution in [-0.2, 0) is 4.79 Å². The molecule has 0 aliphatic carbocycles. The van der Waals surface area contributed by atoms with Crippen molar-refractivity contribution in [3.8, 4) is 5.75 Å². The maximum atomic E-state index is 11.8. The number of halogens is 2. The largest absolute Gasteiger partial charge is 0.493 e. The van der Waals surface area contributed by atoms with Crippen molar-refractivity contribution < 1.29 is 9.53 Å². The lowest BCUT2D eigenvalue weighted by Gasteiger charge is -2.26. The molecule has 0 saturated carbocycles. The number of amides is 1. The Hall–Kier alpha value is -0.550. The minimum atomic E-state index is -0.263. The van der Waals surface area contributed by atoms with E-state index in [4.69, 9.17) is 4.74 Å². The van der Waals surface area contributed by atoms with Gasteiger partial charge < -0.3 is 10.1 Å². The molecule has 0 aromatic heterocycles. The van der Waals surface area contributed by atoms with Crippen molar-refractivity contribution in [1.29, 1.82) is 0 Å². The van der Waals surface area contributed by atoms with Crippen LogP contribution in [0.3, 0.4) is 0 Å². The summed E-state index contributed by atoms with van der Waals surface area (Å²) in [7, 11) is 0. The molecule has 0 saturated heterocycles. The second-order valence-electron chi connectivity index (χ2n) is 4.79. The number of alkyl halides is 2. The van der Waals surface area contributed by atoms with E-state index in [1.165, 1.54) is 0 Å². The van der Waals surface area contributed by atoms with Gasteiger partial charge in [-0.25, -0.2) is 0 Å². The predicted molar refractivity (Wildman–Crippen MR) is 85.4 cm³/mol. The molecule has 1 rings (SSSR count). The lowest BCUT2D eigenvalue weighted by molar-refractivity contribution is -0.122. The van der Waals surface area contributed by atoms with Crippen LogP contribution in [-0.4, -0.2) is 28.7 Å². The third-order valence-corrected chi connectivity index (χ3v) is 5.09. The molecule has 5 heteroatoms. The molecule has 0 aliphatic rings. The molecular formula is C14H19Br2NO2. The summed E-state index contributed by atoms with van der Waals surface area (Å²) in [5.74, 6) is 0.797. The van der Waals surface area contributed by atoms with Crippen LogP contribution >= 0.6 is 31.9 Å². The lowest BCUT2D eigenvalue weighted by atomic mass is 10.1. The van der Waals surface area contributed by atoms with E-state index in [1.54, 1.807) is 0 Å². The van der Waals surface area contributed by atoms with Crippen molar-refractivity contribution in [2.24, 2.45) is 0 Å². The first-order valence-corrected chi connectivity index (χ1v) is 8.36.